The van der Waals surface area contributed by atoms with Gasteiger partial charge in [0.25, 0.3) is 5.91 Å². The molecular weight excluding hydrogens is 346 g/mol. The number of benzene rings is 1. The quantitative estimate of drug-likeness (QED) is 0.805. The van der Waals surface area contributed by atoms with E-state index in [0.29, 0.717) is 5.92 Å². The Morgan fingerprint density at radius 1 is 1.31 bits per heavy atom. The predicted molar refractivity (Wildman–Crippen MR) is 109 cm³/mol. The molecule has 26 heavy (non-hydrogen) atoms. The minimum absolute atomic E-state index is 0. The van der Waals surface area contributed by atoms with Gasteiger partial charge in [0, 0.05) is 17.9 Å². The van der Waals surface area contributed by atoms with Crippen molar-refractivity contribution in [2.75, 3.05) is 19.6 Å². The number of halogens is 1. The lowest BCUT2D eigenvalue weighted by molar-refractivity contribution is 0.0951. The fourth-order valence-electron chi connectivity index (χ4n) is 3.93. The Kier molecular flexibility index (Phi) is 7.30. The van der Waals surface area contributed by atoms with Gasteiger partial charge in [-0.3, -0.25) is 4.79 Å². The second-order valence-electron chi connectivity index (χ2n) is 7.14. The molecule has 0 bridgehead atoms. The summed E-state index contributed by atoms with van der Waals surface area (Å²) in [6, 6.07) is 12.7. The van der Waals surface area contributed by atoms with Gasteiger partial charge in [0.1, 0.15) is 0 Å². The van der Waals surface area contributed by atoms with E-state index < -0.39 is 0 Å². The first-order chi connectivity index (χ1) is 12.1. The highest BCUT2D eigenvalue weighted by Crippen LogP contribution is 2.25. The van der Waals surface area contributed by atoms with Gasteiger partial charge in [-0.1, -0.05) is 30.3 Å². The van der Waals surface area contributed by atoms with Crippen molar-refractivity contribution in [1.82, 2.24) is 15.2 Å². The number of carbonyl (C=O) groups excluding carboxylic acids is 1. The average molecular weight is 376 g/mol. The van der Waals surface area contributed by atoms with Crippen molar-refractivity contribution < 1.29 is 4.79 Å². The van der Waals surface area contributed by atoms with Gasteiger partial charge in [0.2, 0.25) is 0 Å². The number of carbonyl (C=O) groups is 1. The number of nitrogens with one attached hydrogen (secondary N) is 2. The molecule has 2 atom stereocenters. The van der Waals surface area contributed by atoms with Crippen molar-refractivity contribution in [2.24, 2.45) is 5.92 Å². The van der Waals surface area contributed by atoms with E-state index in [4.69, 9.17) is 0 Å². The average Bonchev–Trinajstić information content (AvgIpc) is 3.23. The van der Waals surface area contributed by atoms with Crippen LogP contribution in [0.15, 0.2) is 36.4 Å². The number of nitrogens with zero attached hydrogens (tertiary/aromatic N) is 1. The van der Waals surface area contributed by atoms with Crippen LogP contribution < -0.4 is 10.6 Å². The fraction of sp³-hybridized carbons (Fsp3) is 0.476. The zero-order valence-corrected chi connectivity index (χ0v) is 16.7. The molecule has 2 heterocycles. The third kappa shape index (κ3) is 4.49. The van der Waals surface area contributed by atoms with Crippen molar-refractivity contribution >= 4 is 18.3 Å². The van der Waals surface area contributed by atoms with E-state index in [1.165, 1.54) is 12.0 Å². The fourth-order valence-corrected chi connectivity index (χ4v) is 3.93. The van der Waals surface area contributed by atoms with Gasteiger partial charge in [-0.15, -0.1) is 12.4 Å². The highest BCUT2D eigenvalue weighted by atomic mass is 35.5. The summed E-state index contributed by atoms with van der Waals surface area (Å²) in [6.45, 7) is 9.25. The number of rotatable bonds is 6. The Morgan fingerprint density at radius 3 is 2.69 bits per heavy atom. The van der Waals surface area contributed by atoms with Crippen molar-refractivity contribution in [1.29, 1.82) is 0 Å². The van der Waals surface area contributed by atoms with E-state index in [2.05, 4.69) is 53.3 Å². The minimum atomic E-state index is 0. The molecule has 1 amide bonds. The Morgan fingerprint density at radius 2 is 2.04 bits per heavy atom. The van der Waals surface area contributed by atoms with E-state index >= 15 is 0 Å². The first-order valence-electron chi connectivity index (χ1n) is 9.30. The van der Waals surface area contributed by atoms with E-state index in [-0.39, 0.29) is 24.4 Å². The Hall–Kier alpha value is -1.78. The molecule has 1 aliphatic rings. The third-order valence-corrected chi connectivity index (χ3v) is 5.40. The Labute approximate surface area is 162 Å². The lowest BCUT2D eigenvalue weighted by atomic mass is 10.1. The molecule has 1 fully saturated rings. The van der Waals surface area contributed by atoms with Crippen LogP contribution in [0.1, 0.15) is 53.1 Å². The topological polar surface area (TPSA) is 46.1 Å². The van der Waals surface area contributed by atoms with E-state index in [0.717, 1.165) is 43.0 Å². The molecule has 1 aromatic heterocycles. The van der Waals surface area contributed by atoms with Gasteiger partial charge in [0.05, 0.1) is 11.6 Å². The zero-order valence-electron chi connectivity index (χ0n) is 15.9. The van der Waals surface area contributed by atoms with E-state index in [9.17, 15) is 4.79 Å². The third-order valence-electron chi connectivity index (χ3n) is 5.40. The van der Waals surface area contributed by atoms with Crippen LogP contribution in [0.25, 0.3) is 0 Å². The summed E-state index contributed by atoms with van der Waals surface area (Å²) in [4.78, 5) is 12.6. The standard InChI is InChI=1S/C21H29N3O.ClH/c1-15-13-20(21(25)23-12-10-18-9-11-22-14-18)17(3)24(15)16(2)19-7-5-4-6-8-19;/h4-8,13,16,18,22H,9-12,14H2,1-3H3,(H,23,25);1H. The van der Waals surface area contributed by atoms with Gasteiger partial charge >= 0.3 is 0 Å². The molecule has 3 rings (SSSR count). The lowest BCUT2D eigenvalue weighted by Gasteiger charge is -2.19. The van der Waals surface area contributed by atoms with Crippen molar-refractivity contribution in [2.45, 2.75) is 39.7 Å². The minimum Gasteiger partial charge on any atom is -0.352 e. The summed E-state index contributed by atoms with van der Waals surface area (Å²) in [5, 5.41) is 6.48. The molecule has 1 aliphatic heterocycles. The molecular formula is C21H30ClN3O. The molecule has 2 N–H and O–H groups in total. The van der Waals surface area contributed by atoms with Crippen molar-refractivity contribution in [3.63, 3.8) is 0 Å². The van der Waals surface area contributed by atoms with E-state index in [1.54, 1.807) is 0 Å². The first-order valence-corrected chi connectivity index (χ1v) is 9.30. The molecule has 0 saturated carbocycles. The van der Waals surface area contributed by atoms with Crippen LogP contribution in [-0.4, -0.2) is 30.1 Å². The van der Waals surface area contributed by atoms with Crippen LogP contribution in [0.4, 0.5) is 0 Å². The predicted octanol–water partition coefficient (Wildman–Crippen LogP) is 3.87. The molecule has 1 aromatic carbocycles. The summed E-state index contributed by atoms with van der Waals surface area (Å²) >= 11 is 0. The number of amides is 1. The largest absolute Gasteiger partial charge is 0.352 e. The molecule has 1 saturated heterocycles. The van der Waals surface area contributed by atoms with Gasteiger partial charge in [-0.2, -0.15) is 0 Å². The zero-order chi connectivity index (χ0) is 17.8. The summed E-state index contributed by atoms with van der Waals surface area (Å²) in [6.07, 6.45) is 2.27. The maximum Gasteiger partial charge on any atom is 0.253 e. The van der Waals surface area contributed by atoms with Crippen LogP contribution in [-0.2, 0) is 0 Å². The molecule has 4 nitrogen and oxygen atoms in total. The molecule has 2 unspecified atom stereocenters. The monoisotopic (exact) mass is 375 g/mol. The second kappa shape index (κ2) is 9.24. The van der Waals surface area contributed by atoms with Crippen LogP contribution in [0, 0.1) is 19.8 Å². The van der Waals surface area contributed by atoms with Crippen LogP contribution in [0.2, 0.25) is 0 Å². The number of hydrogen-bond donors (Lipinski definition) is 2. The smallest absolute Gasteiger partial charge is 0.253 e. The van der Waals surface area contributed by atoms with Gasteiger partial charge in [-0.25, -0.2) is 0 Å². The molecule has 5 heteroatoms. The van der Waals surface area contributed by atoms with Crippen molar-refractivity contribution in [3.05, 3.63) is 58.9 Å². The highest BCUT2D eigenvalue weighted by Gasteiger charge is 2.20. The highest BCUT2D eigenvalue weighted by molar-refractivity contribution is 5.95. The summed E-state index contributed by atoms with van der Waals surface area (Å²) in [7, 11) is 0. The lowest BCUT2D eigenvalue weighted by Crippen LogP contribution is -2.27. The van der Waals surface area contributed by atoms with Gasteiger partial charge in [-0.05, 0) is 64.3 Å². The number of aryl methyl sites for hydroxylation is 1. The summed E-state index contributed by atoms with van der Waals surface area (Å²) in [5.41, 5.74) is 4.21. The van der Waals surface area contributed by atoms with Gasteiger partial charge < -0.3 is 15.2 Å². The SMILES string of the molecule is Cc1cc(C(=O)NCCC2CCNC2)c(C)n1C(C)c1ccccc1.Cl. The van der Waals surface area contributed by atoms with Crippen LogP contribution in [0.5, 0.6) is 0 Å². The molecule has 0 spiro atoms. The van der Waals surface area contributed by atoms with Crippen molar-refractivity contribution in [3.8, 4) is 0 Å². The molecule has 142 valence electrons. The summed E-state index contributed by atoms with van der Waals surface area (Å²) < 4.78 is 2.26. The molecule has 0 aliphatic carbocycles. The van der Waals surface area contributed by atoms with Gasteiger partial charge in [0.15, 0.2) is 0 Å². The molecule has 0 radical (unpaired) electrons. The van der Waals surface area contributed by atoms with Crippen LogP contribution >= 0.6 is 12.4 Å². The molecule has 2 aromatic rings. The second-order valence-corrected chi connectivity index (χ2v) is 7.14. The number of hydrogen-bond acceptors (Lipinski definition) is 2. The number of aromatic nitrogens is 1. The Balaban J connectivity index is 0.00000243. The normalized spacial score (nSPS) is 17.6. The van der Waals surface area contributed by atoms with E-state index in [1.807, 2.05) is 19.1 Å². The maximum absolute atomic E-state index is 12.6. The summed E-state index contributed by atoms with van der Waals surface area (Å²) in [5.74, 6) is 0.747. The van der Waals surface area contributed by atoms with Crippen LogP contribution in [0.3, 0.4) is 0 Å². The maximum atomic E-state index is 12.6. The first kappa shape index (κ1) is 20.5. The Bertz CT molecular complexity index is 720.